The van der Waals surface area contributed by atoms with Crippen LogP contribution in [0, 0.1) is 0 Å². The van der Waals surface area contributed by atoms with E-state index in [0.29, 0.717) is 16.2 Å². The zero-order valence-corrected chi connectivity index (χ0v) is 50.0. The Kier molecular flexibility index (Phi) is 20.2. The molecule has 6 amide bonds. The average molecular weight is 1170 g/mol. The van der Waals surface area contributed by atoms with Gasteiger partial charge < -0.3 is 57.9 Å². The maximum absolute atomic E-state index is 15.1. The number of nitrogens with zero attached hydrogens (tertiary/aromatic N) is 4. The molecule has 31 heteroatoms. The van der Waals surface area contributed by atoms with Gasteiger partial charge in [0.1, 0.15) is 31.0 Å². The largest absolute Gasteiger partial charge is 1.00 e. The summed E-state index contributed by atoms with van der Waals surface area (Å²) >= 11 is 1.09. The standard InChI is InChI=1S/C46H55N6O19PS3.2Na/c1-25-16-31-42(74(61,62)63)47-29-20-35(33(67-3)18-27(29)44(57)50(31)23-25)69-10-12-72(60,14-15-73-37-22-40(55)49(46(37)59)9-5-6-41(56)71-52-38(53)7-8-39(52)54)13-11-70-36-21-30-28(19-34(36)68-4)45(58)51-24-26(2)17-32(51)43(48-30)75(64,65)66;;/h18-21,31-32,37,42-43,47-48H,1-2,5-17,22-24H2,3-4H3,(H,61,62,63)(H,64,65,66);;/q;2*+1/p-2/t31-,32-,37?,42-,43?,72?;;/m0../s1. The van der Waals surface area contributed by atoms with Gasteiger partial charge in [0.15, 0.2) is 23.0 Å². The van der Waals surface area contributed by atoms with Gasteiger partial charge in [0, 0.05) is 81.7 Å². The number of carbonyl (C=O) groups is 7. The maximum Gasteiger partial charge on any atom is 1.00 e. The van der Waals surface area contributed by atoms with Gasteiger partial charge in [-0.05, 0) is 31.4 Å². The van der Waals surface area contributed by atoms with Gasteiger partial charge in [-0.25, -0.2) is 21.6 Å². The number of likely N-dealkylation sites (tertiary alicyclic amines) is 1. The topological polar surface area (TPSA) is 334 Å². The smallest absolute Gasteiger partial charge is 0.746 e. The van der Waals surface area contributed by atoms with Crippen molar-refractivity contribution < 1.29 is 147 Å². The summed E-state index contributed by atoms with van der Waals surface area (Å²) in [5.41, 5.74) is 1.08. The number of amides is 6. The van der Waals surface area contributed by atoms with Crippen molar-refractivity contribution in [3.63, 3.8) is 0 Å². The average Bonchev–Trinajstić information content (AvgIpc) is 4.05. The number of anilines is 2. The fourth-order valence-electron chi connectivity index (χ4n) is 9.78. The number of benzene rings is 2. The number of thioether (sulfide) groups is 1. The molecule has 0 spiro atoms. The third-order valence-electron chi connectivity index (χ3n) is 13.6. The number of hydrogen-bond acceptors (Lipinski definition) is 22. The molecule has 0 aromatic heterocycles. The van der Waals surface area contributed by atoms with Crippen molar-refractivity contribution >= 4 is 91.9 Å². The molecular formula is C46H53N6Na2O19PS3. The van der Waals surface area contributed by atoms with Crippen LogP contribution in [0.25, 0.3) is 0 Å². The predicted octanol–water partition coefficient (Wildman–Crippen LogP) is -4.08. The van der Waals surface area contributed by atoms with Crippen LogP contribution in [0.1, 0.15) is 65.7 Å². The zero-order chi connectivity index (χ0) is 54.3. The summed E-state index contributed by atoms with van der Waals surface area (Å²) in [4.78, 5) is 98.3. The van der Waals surface area contributed by atoms with Crippen LogP contribution in [-0.2, 0) is 53.6 Å². The van der Waals surface area contributed by atoms with Crippen molar-refractivity contribution in [2.24, 2.45) is 0 Å². The van der Waals surface area contributed by atoms with Crippen LogP contribution in [-0.4, -0.2) is 187 Å². The number of rotatable bonds is 21. The van der Waals surface area contributed by atoms with E-state index in [1.54, 1.807) is 0 Å². The van der Waals surface area contributed by atoms with Gasteiger partial charge >= 0.3 is 65.1 Å². The van der Waals surface area contributed by atoms with Crippen molar-refractivity contribution in [3.8, 4) is 23.0 Å². The van der Waals surface area contributed by atoms with Gasteiger partial charge in [-0.1, -0.05) is 24.3 Å². The van der Waals surface area contributed by atoms with Crippen LogP contribution in [0.4, 0.5) is 11.4 Å². The molecule has 25 nitrogen and oxygen atoms in total. The number of carbonyl (C=O) groups excluding carboxylic acids is 7. The molecule has 4 saturated heterocycles. The molecule has 2 aromatic rings. The number of methoxy groups -OCH3 is 2. The first-order valence-electron chi connectivity index (χ1n) is 23.6. The first-order valence-corrected chi connectivity index (χ1v) is 29.8. The molecule has 4 fully saturated rings. The minimum absolute atomic E-state index is 0. The van der Waals surface area contributed by atoms with Crippen LogP contribution in [0.2, 0.25) is 0 Å². The first-order chi connectivity index (χ1) is 35.4. The summed E-state index contributed by atoms with van der Waals surface area (Å²) in [7, 11) is -10.9. The molecule has 0 radical (unpaired) electrons. The Morgan fingerprint density at radius 3 is 1.62 bits per heavy atom. The molecule has 2 N–H and O–H groups in total. The van der Waals surface area contributed by atoms with E-state index in [4.69, 9.17) is 23.8 Å². The number of hydrogen-bond donors (Lipinski definition) is 2. The Labute approximate surface area is 492 Å². The minimum Gasteiger partial charge on any atom is -0.746 e. The van der Waals surface area contributed by atoms with Crippen LogP contribution in [0.15, 0.2) is 48.6 Å². The Hall–Kier alpha value is -4.19. The van der Waals surface area contributed by atoms with Gasteiger partial charge in [0.25, 0.3) is 23.6 Å². The number of fused-ring (bicyclic) bond motifs is 4. The fourth-order valence-corrected chi connectivity index (χ4v) is 15.7. The van der Waals surface area contributed by atoms with E-state index in [1.807, 2.05) is 0 Å². The predicted molar refractivity (Wildman–Crippen MR) is 265 cm³/mol. The van der Waals surface area contributed by atoms with E-state index in [-0.39, 0.29) is 207 Å². The maximum atomic E-state index is 15.1. The molecule has 6 heterocycles. The molecule has 406 valence electrons. The Balaban J connectivity index is 0.00000480. The van der Waals surface area contributed by atoms with Gasteiger partial charge in [0.2, 0.25) is 11.8 Å². The molecule has 0 aliphatic carbocycles. The Morgan fingerprint density at radius 2 is 1.18 bits per heavy atom. The summed E-state index contributed by atoms with van der Waals surface area (Å²) in [6.45, 7) is 7.14. The molecule has 77 heavy (non-hydrogen) atoms. The van der Waals surface area contributed by atoms with Gasteiger partial charge in [0.05, 0.1) is 74.4 Å². The molecule has 8 rings (SSSR count). The van der Waals surface area contributed by atoms with E-state index in [1.165, 1.54) is 48.3 Å². The van der Waals surface area contributed by atoms with Crippen molar-refractivity contribution in [2.45, 2.75) is 73.0 Å². The van der Waals surface area contributed by atoms with E-state index < -0.39 is 96.9 Å². The molecule has 3 unspecified atom stereocenters. The molecule has 6 aliphatic rings. The van der Waals surface area contributed by atoms with Crippen molar-refractivity contribution in [1.29, 1.82) is 0 Å². The molecule has 6 aliphatic heterocycles. The van der Waals surface area contributed by atoms with Crippen LogP contribution >= 0.6 is 18.9 Å². The molecule has 0 bridgehead atoms. The van der Waals surface area contributed by atoms with E-state index in [9.17, 15) is 59.5 Å². The first kappa shape index (κ1) is 62.0. The fraction of sp³-hybridized carbons (Fsp3) is 0.500. The minimum atomic E-state index is -5.02. The van der Waals surface area contributed by atoms with Crippen LogP contribution < -0.4 is 88.7 Å². The van der Waals surface area contributed by atoms with E-state index >= 15 is 4.57 Å². The van der Waals surface area contributed by atoms with Crippen molar-refractivity contribution in [1.82, 2.24) is 19.8 Å². The SMILES string of the molecule is C=C1C[C@H]2C(S(=O)(=O)[O-])Nc3cc(OCCP(=O)(CCOc4cc5c(cc4OC)C(=O)N4CC(=C)C[C@H]4[C@H](S(=O)(=O)[O-])N5)CCSC4CC(=O)N(CCCC(=O)ON5C(=O)CCC5=O)C4=O)c(OC)cc3C(=O)N2C1.[Na+].[Na+]. The van der Waals surface area contributed by atoms with Crippen molar-refractivity contribution in [3.05, 3.63) is 59.7 Å². The second-order valence-corrected chi connectivity index (χ2v) is 26.4. The van der Waals surface area contributed by atoms with Crippen LogP contribution in [0.5, 0.6) is 23.0 Å². The number of hydroxylamine groups is 2. The third-order valence-corrected chi connectivity index (χ3v) is 20.2. The van der Waals surface area contributed by atoms with Gasteiger partial charge in [-0.2, -0.15) is 0 Å². The molecule has 2 aromatic carbocycles. The van der Waals surface area contributed by atoms with Crippen LogP contribution in [0.3, 0.4) is 0 Å². The summed E-state index contributed by atoms with van der Waals surface area (Å²) in [5, 5.41) is 1.52. The summed E-state index contributed by atoms with van der Waals surface area (Å²) in [6, 6.07) is 3.22. The second-order valence-electron chi connectivity index (χ2n) is 18.6. The third kappa shape index (κ3) is 13.7. The van der Waals surface area contributed by atoms with E-state index in [0.717, 1.165) is 16.7 Å². The summed E-state index contributed by atoms with van der Waals surface area (Å²) in [6.07, 6.45) is -0.838. The number of nitrogens with one attached hydrogen (secondary N) is 2. The van der Waals surface area contributed by atoms with E-state index in [2.05, 4.69) is 23.8 Å². The zero-order valence-electron chi connectivity index (χ0n) is 42.6. The van der Waals surface area contributed by atoms with Gasteiger partial charge in [-0.3, -0.25) is 33.7 Å². The molecule has 0 saturated carbocycles. The van der Waals surface area contributed by atoms with Gasteiger partial charge in [-0.15, -0.1) is 16.8 Å². The molecular weight excluding hydrogens is 1110 g/mol. The summed E-state index contributed by atoms with van der Waals surface area (Å²) < 4.78 is 114. The van der Waals surface area contributed by atoms with Crippen molar-refractivity contribution in [2.75, 3.05) is 81.9 Å². The number of ether oxygens (including phenoxy) is 4. The normalized spacial score (nSPS) is 22.8. The number of imide groups is 2. The second kappa shape index (κ2) is 25.1. The Bertz CT molecular complexity index is 2900. The Morgan fingerprint density at radius 1 is 0.714 bits per heavy atom. The molecule has 6 atom stereocenters. The monoisotopic (exact) mass is 1170 g/mol. The summed E-state index contributed by atoms with van der Waals surface area (Å²) in [5.74, 6) is -4.19. The quantitative estimate of drug-likeness (QED) is 0.0395.